The highest BCUT2D eigenvalue weighted by Crippen LogP contribution is 2.38. The van der Waals surface area contributed by atoms with Gasteiger partial charge in [0.05, 0.1) is 0 Å². The van der Waals surface area contributed by atoms with Crippen LogP contribution in [-0.4, -0.2) is 5.91 Å². The number of anilines is 1. The van der Waals surface area contributed by atoms with Gasteiger partial charge in [-0.2, -0.15) is 0 Å². The maximum atomic E-state index is 12.2. The van der Waals surface area contributed by atoms with Crippen molar-refractivity contribution in [1.82, 2.24) is 0 Å². The zero-order valence-electron chi connectivity index (χ0n) is 11.3. The summed E-state index contributed by atoms with van der Waals surface area (Å²) >= 11 is 3.53. The third-order valence-corrected chi connectivity index (χ3v) is 4.37. The number of fused-ring (bicyclic) bond motifs is 1. The van der Waals surface area contributed by atoms with Gasteiger partial charge < -0.3 is 5.32 Å². The number of aryl methyl sites for hydroxylation is 1. The number of nitrogens with one attached hydrogen (secondary N) is 1. The van der Waals surface area contributed by atoms with Crippen LogP contribution in [0.2, 0.25) is 0 Å². The molecule has 2 aromatic carbocycles. The number of carbonyl (C=O) groups excluding carboxylic acids is 1. The van der Waals surface area contributed by atoms with E-state index >= 15 is 0 Å². The maximum Gasteiger partial charge on any atom is 0.256 e. The van der Waals surface area contributed by atoms with E-state index in [-0.39, 0.29) is 5.91 Å². The van der Waals surface area contributed by atoms with E-state index in [1.807, 2.05) is 50.3 Å². The van der Waals surface area contributed by atoms with E-state index in [1.54, 1.807) is 0 Å². The molecule has 1 aliphatic rings. The maximum absolute atomic E-state index is 12.2. The lowest BCUT2D eigenvalue weighted by Crippen LogP contribution is -2.03. The summed E-state index contributed by atoms with van der Waals surface area (Å²) in [7, 11) is 0. The smallest absolute Gasteiger partial charge is 0.256 e. The van der Waals surface area contributed by atoms with Gasteiger partial charge in [-0.05, 0) is 43.2 Å². The Morgan fingerprint density at radius 3 is 2.70 bits per heavy atom. The lowest BCUT2D eigenvalue weighted by atomic mass is 9.99. The van der Waals surface area contributed by atoms with Crippen LogP contribution in [0.4, 0.5) is 5.69 Å². The van der Waals surface area contributed by atoms with Gasteiger partial charge in [0.25, 0.3) is 5.91 Å². The van der Waals surface area contributed by atoms with E-state index in [0.29, 0.717) is 0 Å². The topological polar surface area (TPSA) is 29.1 Å². The Labute approximate surface area is 126 Å². The predicted molar refractivity (Wildman–Crippen MR) is 86.6 cm³/mol. The van der Waals surface area contributed by atoms with E-state index in [1.165, 1.54) is 5.56 Å². The van der Waals surface area contributed by atoms with Crippen LogP contribution in [0, 0.1) is 13.8 Å². The van der Waals surface area contributed by atoms with Crippen molar-refractivity contribution in [1.29, 1.82) is 0 Å². The van der Waals surface area contributed by atoms with Gasteiger partial charge >= 0.3 is 0 Å². The molecule has 3 rings (SSSR count). The lowest BCUT2D eigenvalue weighted by molar-refractivity contribution is -0.110. The third kappa shape index (κ3) is 2.18. The molecule has 1 N–H and O–H groups in total. The van der Waals surface area contributed by atoms with Crippen molar-refractivity contribution in [2.24, 2.45) is 0 Å². The molecule has 0 spiro atoms. The fourth-order valence-electron chi connectivity index (χ4n) is 2.50. The van der Waals surface area contributed by atoms with Crippen molar-refractivity contribution < 1.29 is 4.79 Å². The van der Waals surface area contributed by atoms with Crippen molar-refractivity contribution in [2.75, 3.05) is 5.32 Å². The SMILES string of the molecule is Cc1cccc(C=C2C(=O)Nc3ccc(Br)c(C)c32)c1. The molecule has 0 saturated carbocycles. The second-order valence-electron chi connectivity index (χ2n) is 5.02. The Morgan fingerprint density at radius 2 is 1.95 bits per heavy atom. The minimum Gasteiger partial charge on any atom is -0.321 e. The van der Waals surface area contributed by atoms with Crippen LogP contribution in [0.25, 0.3) is 11.6 Å². The Hall–Kier alpha value is -1.87. The van der Waals surface area contributed by atoms with E-state index in [2.05, 4.69) is 27.3 Å². The first-order valence-corrected chi connectivity index (χ1v) is 7.25. The zero-order chi connectivity index (χ0) is 14.3. The highest BCUT2D eigenvalue weighted by atomic mass is 79.9. The van der Waals surface area contributed by atoms with Gasteiger partial charge in [0.1, 0.15) is 0 Å². The first-order valence-electron chi connectivity index (χ1n) is 6.45. The van der Waals surface area contributed by atoms with Crippen molar-refractivity contribution in [3.8, 4) is 0 Å². The van der Waals surface area contributed by atoms with Crippen molar-refractivity contribution >= 4 is 39.2 Å². The molecular weight excluding hydrogens is 314 g/mol. The molecular formula is C17H14BrNO. The summed E-state index contributed by atoms with van der Waals surface area (Å²) in [5.41, 5.74) is 5.91. The van der Waals surface area contributed by atoms with Crippen LogP contribution >= 0.6 is 15.9 Å². The van der Waals surface area contributed by atoms with Gasteiger partial charge in [-0.3, -0.25) is 4.79 Å². The fraction of sp³-hybridized carbons (Fsp3) is 0.118. The summed E-state index contributed by atoms with van der Waals surface area (Å²) in [6.45, 7) is 4.07. The number of rotatable bonds is 1. The third-order valence-electron chi connectivity index (χ3n) is 3.51. The molecule has 0 atom stereocenters. The minimum atomic E-state index is -0.0392. The molecule has 0 radical (unpaired) electrons. The van der Waals surface area contributed by atoms with Gasteiger partial charge in [0.15, 0.2) is 0 Å². The molecule has 0 unspecified atom stereocenters. The first kappa shape index (κ1) is 13.1. The van der Waals surface area contributed by atoms with Crippen LogP contribution in [0.3, 0.4) is 0 Å². The molecule has 0 bridgehead atoms. The Bertz CT molecular complexity index is 747. The molecule has 0 aromatic heterocycles. The van der Waals surface area contributed by atoms with Gasteiger partial charge in [0, 0.05) is 21.3 Å². The Balaban J connectivity index is 2.17. The summed E-state index contributed by atoms with van der Waals surface area (Å²) in [6, 6.07) is 12.0. The predicted octanol–water partition coefficient (Wildman–Crippen LogP) is 4.56. The molecule has 0 aliphatic carbocycles. The molecule has 1 amide bonds. The highest BCUT2D eigenvalue weighted by molar-refractivity contribution is 9.10. The van der Waals surface area contributed by atoms with Crippen molar-refractivity contribution in [2.45, 2.75) is 13.8 Å². The average molecular weight is 328 g/mol. The monoisotopic (exact) mass is 327 g/mol. The quantitative estimate of drug-likeness (QED) is 0.764. The number of hydrogen-bond acceptors (Lipinski definition) is 1. The Kier molecular flexibility index (Phi) is 3.22. The number of hydrogen-bond donors (Lipinski definition) is 1. The molecule has 0 fully saturated rings. The number of halogens is 1. The van der Waals surface area contributed by atoms with Crippen LogP contribution in [-0.2, 0) is 4.79 Å². The van der Waals surface area contributed by atoms with Crippen LogP contribution in [0.5, 0.6) is 0 Å². The van der Waals surface area contributed by atoms with E-state index in [4.69, 9.17) is 0 Å². The second-order valence-corrected chi connectivity index (χ2v) is 5.88. The second kappa shape index (κ2) is 4.91. The first-order chi connectivity index (χ1) is 9.56. The number of carbonyl (C=O) groups is 1. The van der Waals surface area contributed by atoms with Gasteiger partial charge in [0.2, 0.25) is 0 Å². The van der Waals surface area contributed by atoms with Gasteiger partial charge in [-0.25, -0.2) is 0 Å². The number of benzene rings is 2. The zero-order valence-corrected chi connectivity index (χ0v) is 12.9. The van der Waals surface area contributed by atoms with Crippen molar-refractivity contribution in [3.63, 3.8) is 0 Å². The van der Waals surface area contributed by atoms with Crippen LogP contribution in [0.15, 0.2) is 40.9 Å². The van der Waals surface area contributed by atoms with E-state index < -0.39 is 0 Å². The molecule has 1 aliphatic heterocycles. The average Bonchev–Trinajstić information content (AvgIpc) is 2.72. The summed E-state index contributed by atoms with van der Waals surface area (Å²) < 4.78 is 1.02. The molecule has 1 heterocycles. The van der Waals surface area contributed by atoms with Crippen LogP contribution < -0.4 is 5.32 Å². The normalized spacial score (nSPS) is 15.3. The molecule has 2 nitrogen and oxygen atoms in total. The summed E-state index contributed by atoms with van der Waals surface area (Å²) in [5, 5.41) is 2.92. The number of amides is 1. The molecule has 0 saturated heterocycles. The summed E-state index contributed by atoms with van der Waals surface area (Å²) in [6.07, 6.45) is 1.95. The van der Waals surface area contributed by atoms with E-state index in [9.17, 15) is 4.79 Å². The van der Waals surface area contributed by atoms with Crippen molar-refractivity contribution in [3.05, 3.63) is 63.1 Å². The standard InChI is InChI=1S/C17H14BrNO/c1-10-4-3-5-12(8-10)9-13-16-11(2)14(18)6-7-15(16)19-17(13)20/h3-9H,1-2H3,(H,19,20). The summed E-state index contributed by atoms with van der Waals surface area (Å²) in [4.78, 5) is 12.2. The largest absolute Gasteiger partial charge is 0.321 e. The molecule has 20 heavy (non-hydrogen) atoms. The fourth-order valence-corrected chi connectivity index (χ4v) is 2.84. The Morgan fingerprint density at radius 1 is 1.15 bits per heavy atom. The lowest BCUT2D eigenvalue weighted by Gasteiger charge is -2.06. The molecule has 3 heteroatoms. The molecule has 2 aromatic rings. The highest BCUT2D eigenvalue weighted by Gasteiger charge is 2.26. The molecule has 100 valence electrons. The van der Waals surface area contributed by atoms with Gasteiger partial charge in [-0.1, -0.05) is 45.8 Å². The van der Waals surface area contributed by atoms with Crippen LogP contribution in [0.1, 0.15) is 22.3 Å². The minimum absolute atomic E-state index is 0.0392. The van der Waals surface area contributed by atoms with E-state index in [0.717, 1.165) is 32.4 Å². The summed E-state index contributed by atoms with van der Waals surface area (Å²) in [5.74, 6) is -0.0392. The van der Waals surface area contributed by atoms with Gasteiger partial charge in [-0.15, -0.1) is 0 Å².